The van der Waals surface area contributed by atoms with Crippen LogP contribution in [0.5, 0.6) is 11.5 Å². The van der Waals surface area contributed by atoms with E-state index in [-0.39, 0.29) is 16.7 Å². The summed E-state index contributed by atoms with van der Waals surface area (Å²) in [7, 11) is -2.72. The molecule has 0 bridgehead atoms. The number of ether oxygens (including phenoxy) is 1. The van der Waals surface area contributed by atoms with Crippen molar-refractivity contribution >= 4 is 27.7 Å². The molecule has 1 N–H and O–H groups in total. The van der Waals surface area contributed by atoms with Crippen LogP contribution in [0.25, 0.3) is 0 Å². The van der Waals surface area contributed by atoms with Crippen molar-refractivity contribution in [2.24, 2.45) is 0 Å². The second-order valence-electron chi connectivity index (χ2n) is 6.25. The van der Waals surface area contributed by atoms with Crippen molar-refractivity contribution in [3.8, 4) is 11.5 Å². The van der Waals surface area contributed by atoms with E-state index in [0.29, 0.717) is 22.3 Å². The largest absolute Gasteiger partial charge is 0.457 e. The van der Waals surface area contributed by atoms with Crippen LogP contribution in [0.1, 0.15) is 6.92 Å². The molecule has 28 heavy (non-hydrogen) atoms. The number of carbonyl (C=O) groups is 1. The highest BCUT2D eigenvalue weighted by Gasteiger charge is 2.43. The smallest absolute Gasteiger partial charge is 0.265 e. The first-order valence-corrected chi connectivity index (χ1v) is 11.1. The third kappa shape index (κ3) is 4.30. The summed E-state index contributed by atoms with van der Waals surface area (Å²) in [5.74, 6) is 0.989. The molecular formula is C18H21N3O5S2. The van der Waals surface area contributed by atoms with Gasteiger partial charge in [-0.1, -0.05) is 6.92 Å². The van der Waals surface area contributed by atoms with Crippen LogP contribution in [0.15, 0.2) is 53.7 Å². The van der Waals surface area contributed by atoms with E-state index in [1.165, 1.54) is 35.2 Å². The SMILES string of the molecule is CC1SCCN(S(=O)(=O)c2ccc(Oc3ccncc3)cc2)C1C(=O)N(C)O. The lowest BCUT2D eigenvalue weighted by Crippen LogP contribution is -2.56. The maximum Gasteiger partial charge on any atom is 0.265 e. The van der Waals surface area contributed by atoms with Gasteiger partial charge in [0.05, 0.1) is 4.90 Å². The van der Waals surface area contributed by atoms with Gasteiger partial charge in [0.1, 0.15) is 17.5 Å². The van der Waals surface area contributed by atoms with E-state index in [1.807, 2.05) is 0 Å². The first kappa shape index (κ1) is 20.6. The number of thioether (sulfide) groups is 1. The van der Waals surface area contributed by atoms with Gasteiger partial charge in [0.2, 0.25) is 10.0 Å². The minimum Gasteiger partial charge on any atom is -0.457 e. The maximum atomic E-state index is 13.2. The van der Waals surface area contributed by atoms with Crippen molar-refractivity contribution in [1.82, 2.24) is 14.4 Å². The predicted octanol–water partition coefficient (Wildman–Crippen LogP) is 2.22. The van der Waals surface area contributed by atoms with Gasteiger partial charge in [-0.2, -0.15) is 16.1 Å². The number of benzene rings is 1. The Labute approximate surface area is 168 Å². The normalized spacial score (nSPS) is 20.5. The van der Waals surface area contributed by atoms with E-state index < -0.39 is 22.0 Å². The summed E-state index contributed by atoms with van der Waals surface area (Å²) in [6, 6.07) is 8.43. The standard InChI is InChI=1S/C18H21N3O5S2/c1-13-17(18(22)20(2)23)21(11-12-27-13)28(24,25)16-5-3-14(4-6-16)26-15-7-9-19-10-8-15/h3-10,13,17,23H,11-12H2,1-2H3. The first-order chi connectivity index (χ1) is 13.3. The van der Waals surface area contributed by atoms with E-state index in [2.05, 4.69) is 4.98 Å². The predicted molar refractivity (Wildman–Crippen MR) is 105 cm³/mol. The van der Waals surface area contributed by atoms with E-state index in [9.17, 15) is 18.4 Å². The van der Waals surface area contributed by atoms with Gasteiger partial charge < -0.3 is 4.74 Å². The van der Waals surface area contributed by atoms with Gasteiger partial charge in [0.25, 0.3) is 5.91 Å². The molecule has 1 aromatic carbocycles. The summed E-state index contributed by atoms with van der Waals surface area (Å²) in [6.07, 6.45) is 3.19. The molecule has 1 amide bonds. The van der Waals surface area contributed by atoms with E-state index in [1.54, 1.807) is 43.6 Å². The molecule has 3 rings (SSSR count). The van der Waals surface area contributed by atoms with Crippen LogP contribution < -0.4 is 4.74 Å². The Hall–Kier alpha value is -2.14. The molecule has 2 unspecified atom stereocenters. The molecule has 0 spiro atoms. The number of carbonyl (C=O) groups excluding carboxylic acids is 1. The van der Waals surface area contributed by atoms with Crippen molar-refractivity contribution in [2.45, 2.75) is 23.1 Å². The molecule has 0 aliphatic carbocycles. The van der Waals surface area contributed by atoms with Crippen molar-refractivity contribution in [1.29, 1.82) is 0 Å². The van der Waals surface area contributed by atoms with Gasteiger partial charge in [-0.25, -0.2) is 13.5 Å². The average Bonchev–Trinajstić information content (AvgIpc) is 2.68. The number of sulfonamides is 1. The van der Waals surface area contributed by atoms with E-state index in [4.69, 9.17) is 4.74 Å². The molecule has 2 heterocycles. The van der Waals surface area contributed by atoms with Crippen LogP contribution in [-0.2, 0) is 14.8 Å². The molecule has 1 aromatic heterocycles. The van der Waals surface area contributed by atoms with Crippen LogP contribution in [0.2, 0.25) is 0 Å². The Balaban J connectivity index is 1.85. The molecule has 2 atom stereocenters. The molecule has 2 aromatic rings. The highest BCUT2D eigenvalue weighted by atomic mass is 32.2. The number of hydroxylamine groups is 2. The van der Waals surface area contributed by atoms with Crippen LogP contribution in [0, 0.1) is 0 Å². The Morgan fingerprint density at radius 1 is 1.21 bits per heavy atom. The van der Waals surface area contributed by atoms with Gasteiger partial charge >= 0.3 is 0 Å². The fourth-order valence-electron chi connectivity index (χ4n) is 2.94. The van der Waals surface area contributed by atoms with Crippen molar-refractivity contribution < 1.29 is 23.2 Å². The lowest BCUT2D eigenvalue weighted by molar-refractivity contribution is -0.163. The molecule has 150 valence electrons. The summed E-state index contributed by atoms with van der Waals surface area (Å²) < 4.78 is 33.1. The van der Waals surface area contributed by atoms with Crippen molar-refractivity contribution in [3.63, 3.8) is 0 Å². The van der Waals surface area contributed by atoms with Crippen LogP contribution in [0.4, 0.5) is 0 Å². The number of likely N-dealkylation sites (N-methyl/N-ethyl adjacent to an activating group) is 1. The highest BCUT2D eigenvalue weighted by molar-refractivity contribution is 8.00. The van der Waals surface area contributed by atoms with Gasteiger partial charge in [0, 0.05) is 37.0 Å². The summed E-state index contributed by atoms with van der Waals surface area (Å²) >= 11 is 1.50. The molecule has 1 saturated heterocycles. The number of hydrogen-bond donors (Lipinski definition) is 1. The summed E-state index contributed by atoms with van der Waals surface area (Å²) in [6.45, 7) is 1.97. The molecule has 10 heteroatoms. The number of pyridine rings is 1. The molecule has 0 saturated carbocycles. The number of hydrogen-bond acceptors (Lipinski definition) is 7. The zero-order valence-corrected chi connectivity index (χ0v) is 17.1. The molecule has 1 aliphatic rings. The fraction of sp³-hybridized carbons (Fsp3) is 0.333. The zero-order chi connectivity index (χ0) is 20.3. The van der Waals surface area contributed by atoms with Crippen LogP contribution >= 0.6 is 11.8 Å². The maximum absolute atomic E-state index is 13.2. The highest BCUT2D eigenvalue weighted by Crippen LogP contribution is 2.31. The Kier molecular flexibility index (Phi) is 6.23. The molecule has 0 radical (unpaired) electrons. The minimum atomic E-state index is -3.92. The topological polar surface area (TPSA) is 100 Å². The second kappa shape index (κ2) is 8.48. The first-order valence-electron chi connectivity index (χ1n) is 8.58. The molecule has 1 fully saturated rings. The van der Waals surface area contributed by atoms with Crippen molar-refractivity contribution in [3.05, 3.63) is 48.8 Å². The minimum absolute atomic E-state index is 0.0621. The lowest BCUT2D eigenvalue weighted by Gasteiger charge is -2.38. The average molecular weight is 424 g/mol. The van der Waals surface area contributed by atoms with Gasteiger partial charge in [-0.3, -0.25) is 15.0 Å². The third-order valence-corrected chi connectivity index (χ3v) is 7.43. The fourth-order valence-corrected chi connectivity index (χ4v) is 5.90. The Morgan fingerprint density at radius 3 is 2.43 bits per heavy atom. The second-order valence-corrected chi connectivity index (χ2v) is 9.63. The molecule has 1 aliphatic heterocycles. The lowest BCUT2D eigenvalue weighted by atomic mass is 10.2. The third-order valence-electron chi connectivity index (χ3n) is 4.34. The van der Waals surface area contributed by atoms with E-state index >= 15 is 0 Å². The number of amides is 1. The van der Waals surface area contributed by atoms with Crippen LogP contribution in [-0.4, -0.2) is 64.5 Å². The van der Waals surface area contributed by atoms with Gasteiger partial charge in [-0.15, -0.1) is 0 Å². The summed E-state index contributed by atoms with van der Waals surface area (Å²) in [5, 5.41) is 9.72. The molecular weight excluding hydrogens is 402 g/mol. The monoisotopic (exact) mass is 423 g/mol. The van der Waals surface area contributed by atoms with E-state index in [0.717, 1.165) is 0 Å². The van der Waals surface area contributed by atoms with Crippen LogP contribution in [0.3, 0.4) is 0 Å². The summed E-state index contributed by atoms with van der Waals surface area (Å²) in [5.41, 5.74) is 0. The summed E-state index contributed by atoms with van der Waals surface area (Å²) in [4.78, 5) is 16.4. The number of aromatic nitrogens is 1. The van der Waals surface area contributed by atoms with Gasteiger partial charge in [0.15, 0.2) is 0 Å². The van der Waals surface area contributed by atoms with Gasteiger partial charge in [-0.05, 0) is 36.4 Å². The number of nitrogens with zero attached hydrogens (tertiary/aromatic N) is 3. The Bertz CT molecular complexity index is 920. The number of rotatable bonds is 5. The Morgan fingerprint density at radius 2 is 1.82 bits per heavy atom. The van der Waals surface area contributed by atoms with Crippen molar-refractivity contribution in [2.75, 3.05) is 19.3 Å². The zero-order valence-electron chi connectivity index (χ0n) is 15.4. The molecule has 8 nitrogen and oxygen atoms in total. The quantitative estimate of drug-likeness (QED) is 0.581.